The Balaban J connectivity index is 1.82. The molecule has 0 bridgehead atoms. The highest BCUT2D eigenvalue weighted by Gasteiger charge is 2.11. The number of aromatic nitrogens is 1. The summed E-state index contributed by atoms with van der Waals surface area (Å²) < 4.78 is 13.2. The maximum Gasteiger partial charge on any atom is 0.274 e. The molecule has 0 aliphatic carbocycles. The molecule has 0 fully saturated rings. The van der Waals surface area contributed by atoms with E-state index in [1.165, 1.54) is 18.2 Å². The minimum atomic E-state index is -0.383. The summed E-state index contributed by atoms with van der Waals surface area (Å²) in [4.78, 5) is 16.5. The first-order valence-electron chi connectivity index (χ1n) is 7.17. The molecule has 4 nitrogen and oxygen atoms in total. The van der Waals surface area contributed by atoms with Crippen molar-refractivity contribution in [1.29, 1.82) is 0 Å². The van der Waals surface area contributed by atoms with Gasteiger partial charge in [0.25, 0.3) is 5.91 Å². The summed E-state index contributed by atoms with van der Waals surface area (Å²) in [5.41, 5.74) is 1.33. The van der Waals surface area contributed by atoms with Crippen molar-refractivity contribution in [2.45, 2.75) is 0 Å². The minimum absolute atomic E-state index is 0.158. The second-order valence-corrected chi connectivity index (χ2v) is 5.45. The highest BCUT2D eigenvalue weighted by Crippen LogP contribution is 2.21. The van der Waals surface area contributed by atoms with Gasteiger partial charge < -0.3 is 10.6 Å². The van der Waals surface area contributed by atoms with Crippen LogP contribution in [0.25, 0.3) is 0 Å². The highest BCUT2D eigenvalue weighted by molar-refractivity contribution is 6.31. The molecule has 1 aromatic heterocycles. The van der Waals surface area contributed by atoms with Gasteiger partial charge in [0.05, 0.1) is 0 Å². The first kappa shape index (κ1) is 16.0. The number of carbonyl (C=O) groups is 1. The Morgan fingerprint density at radius 3 is 2.46 bits per heavy atom. The van der Waals surface area contributed by atoms with Crippen LogP contribution in [0, 0.1) is 5.82 Å². The number of nitrogens with zero attached hydrogens (tertiary/aromatic N) is 1. The van der Waals surface area contributed by atoms with Gasteiger partial charge in [-0.25, -0.2) is 9.37 Å². The number of anilines is 3. The van der Waals surface area contributed by atoms with Gasteiger partial charge in [-0.3, -0.25) is 4.79 Å². The third-order valence-corrected chi connectivity index (χ3v) is 3.37. The van der Waals surface area contributed by atoms with Gasteiger partial charge >= 0.3 is 0 Å². The fraction of sp³-hybridized carbons (Fsp3) is 0. The van der Waals surface area contributed by atoms with Gasteiger partial charge in [-0.05, 0) is 42.5 Å². The molecule has 2 N–H and O–H groups in total. The largest absolute Gasteiger partial charge is 0.340 e. The van der Waals surface area contributed by atoms with Crippen molar-refractivity contribution in [3.05, 3.63) is 83.3 Å². The quantitative estimate of drug-likeness (QED) is 0.711. The molecule has 6 heteroatoms. The number of carbonyl (C=O) groups excluding carboxylic acids is 1. The van der Waals surface area contributed by atoms with Crippen molar-refractivity contribution < 1.29 is 9.18 Å². The minimum Gasteiger partial charge on any atom is -0.340 e. The molecule has 0 saturated heterocycles. The third-order valence-electron chi connectivity index (χ3n) is 3.15. The van der Waals surface area contributed by atoms with Gasteiger partial charge in [0.15, 0.2) is 0 Å². The predicted octanol–water partition coefficient (Wildman–Crippen LogP) is 4.87. The van der Waals surface area contributed by atoms with Gasteiger partial charge in [0, 0.05) is 16.4 Å². The Labute approximate surface area is 143 Å². The van der Waals surface area contributed by atoms with Gasteiger partial charge in [-0.15, -0.1) is 0 Å². The topological polar surface area (TPSA) is 54.0 Å². The fourth-order valence-electron chi connectivity index (χ4n) is 2.11. The molecule has 0 aliphatic heterocycles. The van der Waals surface area contributed by atoms with E-state index < -0.39 is 0 Å². The van der Waals surface area contributed by atoms with Crippen LogP contribution in [-0.2, 0) is 0 Å². The number of halogens is 2. The molecular weight excluding hydrogens is 329 g/mol. The second-order valence-electron chi connectivity index (χ2n) is 5.01. The molecule has 120 valence electrons. The van der Waals surface area contributed by atoms with E-state index in [1.54, 1.807) is 30.3 Å². The third kappa shape index (κ3) is 4.08. The van der Waals surface area contributed by atoms with E-state index in [-0.39, 0.29) is 17.4 Å². The summed E-state index contributed by atoms with van der Waals surface area (Å²) in [5, 5.41) is 6.02. The van der Waals surface area contributed by atoms with Crippen LogP contribution in [0.2, 0.25) is 5.02 Å². The summed E-state index contributed by atoms with van der Waals surface area (Å²) in [5.74, 6) is -0.402. The van der Waals surface area contributed by atoms with Crippen LogP contribution in [0.15, 0.2) is 66.7 Å². The first-order valence-corrected chi connectivity index (χ1v) is 7.54. The first-order chi connectivity index (χ1) is 11.6. The van der Waals surface area contributed by atoms with Gasteiger partial charge in [-0.2, -0.15) is 0 Å². The highest BCUT2D eigenvalue weighted by atomic mass is 35.5. The normalized spacial score (nSPS) is 10.2. The molecule has 3 aromatic rings. The number of rotatable bonds is 4. The number of benzene rings is 2. The molecule has 3 rings (SSSR count). The van der Waals surface area contributed by atoms with Crippen LogP contribution in [0.4, 0.5) is 21.6 Å². The molecule has 2 aromatic carbocycles. The number of hydrogen-bond donors (Lipinski definition) is 2. The van der Waals surface area contributed by atoms with Gasteiger partial charge in [-0.1, -0.05) is 35.9 Å². The Bertz CT molecular complexity index is 871. The lowest BCUT2D eigenvalue weighted by atomic mass is 10.2. The Hall–Kier alpha value is -2.92. The van der Waals surface area contributed by atoms with E-state index in [9.17, 15) is 9.18 Å². The average Bonchev–Trinajstić information content (AvgIpc) is 2.55. The number of hydrogen-bond acceptors (Lipinski definition) is 3. The maximum absolute atomic E-state index is 13.2. The molecule has 1 amide bonds. The SMILES string of the molecule is O=C(Nc1ccccc1)c1cc(Cl)cc(Nc2cccc(F)c2)n1. The molecule has 24 heavy (non-hydrogen) atoms. The zero-order valence-corrected chi connectivity index (χ0v) is 13.2. The van der Waals surface area contributed by atoms with E-state index >= 15 is 0 Å². The summed E-state index contributed by atoms with van der Waals surface area (Å²) in [6.07, 6.45) is 0. The summed E-state index contributed by atoms with van der Waals surface area (Å²) in [6.45, 7) is 0. The molecular formula is C18H13ClFN3O. The Morgan fingerprint density at radius 1 is 0.958 bits per heavy atom. The van der Waals surface area contributed by atoms with E-state index in [1.807, 2.05) is 18.2 Å². The second kappa shape index (κ2) is 7.10. The Morgan fingerprint density at radius 2 is 1.71 bits per heavy atom. The van der Waals surface area contributed by atoms with E-state index in [2.05, 4.69) is 15.6 Å². The molecule has 0 saturated carbocycles. The molecule has 0 radical (unpaired) electrons. The zero-order valence-electron chi connectivity index (χ0n) is 12.5. The Kier molecular flexibility index (Phi) is 4.72. The van der Waals surface area contributed by atoms with E-state index in [0.717, 1.165) is 0 Å². The monoisotopic (exact) mass is 341 g/mol. The van der Waals surface area contributed by atoms with Crippen LogP contribution in [-0.4, -0.2) is 10.9 Å². The lowest BCUT2D eigenvalue weighted by Gasteiger charge is -2.09. The van der Waals surface area contributed by atoms with Crippen LogP contribution < -0.4 is 10.6 Å². The lowest BCUT2D eigenvalue weighted by Crippen LogP contribution is -2.14. The van der Waals surface area contributed by atoms with Crippen molar-refractivity contribution in [3.63, 3.8) is 0 Å². The van der Waals surface area contributed by atoms with Crippen LogP contribution >= 0.6 is 11.6 Å². The number of para-hydroxylation sites is 1. The molecule has 0 aliphatic rings. The molecule has 0 atom stereocenters. The van der Waals surface area contributed by atoms with Crippen LogP contribution in [0.3, 0.4) is 0 Å². The summed E-state index contributed by atoms with van der Waals surface area (Å²) >= 11 is 6.06. The molecule has 0 unspecified atom stereocenters. The predicted molar refractivity (Wildman–Crippen MR) is 93.3 cm³/mol. The van der Waals surface area contributed by atoms with Crippen LogP contribution in [0.1, 0.15) is 10.5 Å². The summed E-state index contributed by atoms with van der Waals surface area (Å²) in [6, 6.07) is 18.0. The maximum atomic E-state index is 13.2. The number of amides is 1. The lowest BCUT2D eigenvalue weighted by molar-refractivity contribution is 0.102. The molecule has 0 spiro atoms. The zero-order chi connectivity index (χ0) is 16.9. The summed E-state index contributed by atoms with van der Waals surface area (Å²) in [7, 11) is 0. The van der Waals surface area contributed by atoms with Crippen molar-refractivity contribution in [2.75, 3.05) is 10.6 Å². The standard InChI is InChI=1S/C18H13ClFN3O/c19-12-9-16(18(24)22-14-6-2-1-3-7-14)23-17(10-12)21-15-8-4-5-13(20)11-15/h1-11H,(H,21,23)(H,22,24). The number of pyridine rings is 1. The smallest absolute Gasteiger partial charge is 0.274 e. The van der Waals surface area contributed by atoms with Crippen molar-refractivity contribution in [1.82, 2.24) is 4.98 Å². The van der Waals surface area contributed by atoms with Crippen molar-refractivity contribution in [2.24, 2.45) is 0 Å². The van der Waals surface area contributed by atoms with Gasteiger partial charge in [0.2, 0.25) is 0 Å². The number of nitrogens with one attached hydrogen (secondary N) is 2. The van der Waals surface area contributed by atoms with Crippen molar-refractivity contribution in [3.8, 4) is 0 Å². The van der Waals surface area contributed by atoms with Crippen LogP contribution in [0.5, 0.6) is 0 Å². The molecule has 1 heterocycles. The fourth-order valence-corrected chi connectivity index (χ4v) is 2.31. The average molecular weight is 342 g/mol. The van der Waals surface area contributed by atoms with E-state index in [4.69, 9.17) is 11.6 Å². The van der Waals surface area contributed by atoms with E-state index in [0.29, 0.717) is 22.2 Å². The van der Waals surface area contributed by atoms with Gasteiger partial charge in [0.1, 0.15) is 17.3 Å². The van der Waals surface area contributed by atoms with Crippen molar-refractivity contribution >= 4 is 34.7 Å².